The van der Waals surface area contributed by atoms with Crippen LogP contribution in [0.15, 0.2) is 60.7 Å². The topological polar surface area (TPSA) is 163 Å². The lowest BCUT2D eigenvalue weighted by molar-refractivity contribution is -0.136. The molecule has 1 N–H and O–H groups in total. The van der Waals surface area contributed by atoms with Gasteiger partial charge in [0.1, 0.15) is 30.0 Å². The smallest absolute Gasteiger partial charge is 0.255 e. The second-order valence-corrected chi connectivity index (χ2v) is 18.0. The number of likely N-dealkylation sites (N-methyl/N-ethyl adjacent to an activating group) is 1. The number of hydrogen-bond donors (Lipinski definition) is 1. The highest BCUT2D eigenvalue weighted by Crippen LogP contribution is 2.36. The molecule has 9 rings (SSSR count). The number of nitriles is 1. The third kappa shape index (κ3) is 10.4. The van der Waals surface area contributed by atoms with E-state index < -0.39 is 11.9 Å². The summed E-state index contributed by atoms with van der Waals surface area (Å²) in [4.78, 5) is 56.3. The molecule has 0 bridgehead atoms. The summed E-state index contributed by atoms with van der Waals surface area (Å²) in [6.45, 7) is 7.30. The monoisotopic (exact) mass is 884 g/mol. The SMILES string of the molecule is CN1C[C@H](OCCOCCOCCOc2ccc3c(c2)CN(C2CCC(=O)NC2=O)C3=O)C[C@H]1CCc1nc2c(c(N3CCC[C@@H](CC#N)C3)n1)CCN(c1cccc3ccccc13)C2. The van der Waals surface area contributed by atoms with Gasteiger partial charge in [-0.1, -0.05) is 36.4 Å². The molecule has 0 saturated carbocycles. The number of nitrogens with one attached hydrogen (secondary N) is 1. The van der Waals surface area contributed by atoms with Crippen LogP contribution < -0.4 is 19.9 Å². The molecule has 4 atom stereocenters. The Morgan fingerprint density at radius 3 is 2.55 bits per heavy atom. The summed E-state index contributed by atoms with van der Waals surface area (Å²) in [5, 5.41) is 14.3. The molecule has 3 amide bonds. The van der Waals surface area contributed by atoms with Crippen LogP contribution >= 0.6 is 0 Å². The van der Waals surface area contributed by atoms with Gasteiger partial charge in [0.25, 0.3) is 5.91 Å². The Morgan fingerprint density at radius 1 is 0.862 bits per heavy atom. The molecule has 3 aromatic carbocycles. The number of piperidine rings is 2. The summed E-state index contributed by atoms with van der Waals surface area (Å²) in [5.41, 5.74) is 5.00. The van der Waals surface area contributed by atoms with Crippen molar-refractivity contribution < 1.29 is 33.3 Å². The zero-order chi connectivity index (χ0) is 44.7. The summed E-state index contributed by atoms with van der Waals surface area (Å²) in [6.07, 6.45) is 7.03. The van der Waals surface area contributed by atoms with Crippen LogP contribution in [-0.2, 0) is 49.7 Å². The Balaban J connectivity index is 0.701. The van der Waals surface area contributed by atoms with Crippen molar-refractivity contribution >= 4 is 40.0 Å². The Morgan fingerprint density at radius 2 is 1.69 bits per heavy atom. The lowest BCUT2D eigenvalue weighted by Crippen LogP contribution is -2.52. The second-order valence-electron chi connectivity index (χ2n) is 18.0. The molecule has 3 saturated heterocycles. The maximum atomic E-state index is 13.0. The van der Waals surface area contributed by atoms with E-state index in [-0.39, 0.29) is 24.3 Å². The zero-order valence-electron chi connectivity index (χ0n) is 37.4. The highest BCUT2D eigenvalue weighted by Gasteiger charge is 2.39. The normalized spacial score (nSPS) is 22.3. The van der Waals surface area contributed by atoms with Gasteiger partial charge in [-0.25, -0.2) is 9.97 Å². The lowest BCUT2D eigenvalue weighted by atomic mass is 9.94. The average Bonchev–Trinajstić information content (AvgIpc) is 3.85. The third-order valence-electron chi connectivity index (χ3n) is 13.7. The van der Waals surface area contributed by atoms with Gasteiger partial charge in [0.2, 0.25) is 11.8 Å². The number of benzene rings is 3. The summed E-state index contributed by atoms with van der Waals surface area (Å²) in [6, 6.07) is 22.6. The summed E-state index contributed by atoms with van der Waals surface area (Å²) < 4.78 is 23.7. The van der Waals surface area contributed by atoms with Gasteiger partial charge in [-0.15, -0.1) is 0 Å². The lowest BCUT2D eigenvalue weighted by Gasteiger charge is -2.37. The highest BCUT2D eigenvalue weighted by atomic mass is 16.6. The predicted octanol–water partition coefficient (Wildman–Crippen LogP) is 5.22. The number of fused-ring (bicyclic) bond motifs is 3. The van der Waals surface area contributed by atoms with E-state index in [9.17, 15) is 19.6 Å². The molecule has 3 fully saturated rings. The minimum Gasteiger partial charge on any atom is -0.491 e. The molecule has 15 nitrogen and oxygen atoms in total. The molecule has 342 valence electrons. The van der Waals surface area contributed by atoms with E-state index in [0.29, 0.717) is 82.3 Å². The highest BCUT2D eigenvalue weighted by molar-refractivity contribution is 6.05. The number of amides is 3. The number of aromatic nitrogens is 2. The van der Waals surface area contributed by atoms with E-state index >= 15 is 0 Å². The number of likely N-dealkylation sites (tertiary alicyclic amines) is 1. The Bertz CT molecular complexity index is 2400. The molecule has 4 aromatic rings. The first-order valence-electron chi connectivity index (χ1n) is 23.4. The quantitative estimate of drug-likeness (QED) is 0.102. The van der Waals surface area contributed by atoms with Gasteiger partial charge in [-0.3, -0.25) is 19.7 Å². The number of ether oxygens (including phenoxy) is 4. The average molecular weight is 885 g/mol. The largest absolute Gasteiger partial charge is 0.491 e. The van der Waals surface area contributed by atoms with E-state index in [1.807, 2.05) is 6.07 Å². The molecule has 65 heavy (non-hydrogen) atoms. The second kappa shape index (κ2) is 20.7. The van der Waals surface area contributed by atoms with Crippen molar-refractivity contribution in [2.75, 3.05) is 82.7 Å². The zero-order valence-corrected chi connectivity index (χ0v) is 37.4. The van der Waals surface area contributed by atoms with Gasteiger partial charge in [-0.2, -0.15) is 5.26 Å². The number of rotatable bonds is 18. The van der Waals surface area contributed by atoms with Crippen molar-refractivity contribution in [3.63, 3.8) is 0 Å². The summed E-state index contributed by atoms with van der Waals surface area (Å²) in [7, 11) is 2.18. The van der Waals surface area contributed by atoms with Crippen molar-refractivity contribution in [1.82, 2.24) is 25.1 Å². The Labute approximate surface area is 381 Å². The predicted molar refractivity (Wildman–Crippen MR) is 245 cm³/mol. The van der Waals surface area contributed by atoms with Crippen LogP contribution in [0.1, 0.15) is 77.9 Å². The van der Waals surface area contributed by atoms with Crippen LogP contribution in [0.25, 0.3) is 10.8 Å². The number of hydrogen-bond acceptors (Lipinski definition) is 13. The number of carbonyl (C=O) groups excluding carboxylic acids is 3. The maximum Gasteiger partial charge on any atom is 0.255 e. The van der Waals surface area contributed by atoms with E-state index in [0.717, 1.165) is 94.1 Å². The van der Waals surface area contributed by atoms with Crippen LogP contribution in [0.3, 0.4) is 0 Å². The molecule has 0 spiro atoms. The molecule has 1 aromatic heterocycles. The van der Waals surface area contributed by atoms with Crippen LogP contribution in [0.5, 0.6) is 5.75 Å². The first-order valence-corrected chi connectivity index (χ1v) is 23.4. The molecule has 6 heterocycles. The number of nitrogens with zero attached hydrogens (tertiary/aromatic N) is 7. The van der Waals surface area contributed by atoms with Gasteiger partial charge in [0, 0.05) is 80.2 Å². The molecular formula is C50H60N8O7. The third-order valence-corrected chi connectivity index (χ3v) is 13.7. The van der Waals surface area contributed by atoms with Crippen LogP contribution in [0.4, 0.5) is 11.5 Å². The number of carbonyl (C=O) groups is 3. The number of anilines is 2. The Kier molecular flexibility index (Phi) is 14.2. The van der Waals surface area contributed by atoms with Crippen molar-refractivity contribution in [3.8, 4) is 11.8 Å². The molecular weight excluding hydrogens is 825 g/mol. The van der Waals surface area contributed by atoms with Crippen molar-refractivity contribution in [2.45, 2.75) is 89.1 Å². The van der Waals surface area contributed by atoms with Crippen LogP contribution in [0.2, 0.25) is 0 Å². The Hall–Kier alpha value is -5.66. The first kappa shape index (κ1) is 44.5. The number of aryl methyl sites for hydroxylation is 1. The van der Waals surface area contributed by atoms with Gasteiger partial charge < -0.3 is 38.5 Å². The fourth-order valence-electron chi connectivity index (χ4n) is 10.3. The van der Waals surface area contributed by atoms with E-state index in [2.05, 4.69) is 75.6 Å². The van der Waals surface area contributed by atoms with Gasteiger partial charge in [0.05, 0.1) is 57.4 Å². The fraction of sp³-hybridized carbons (Fsp3) is 0.520. The van der Waals surface area contributed by atoms with E-state index in [4.69, 9.17) is 28.9 Å². The molecule has 5 aliphatic rings. The van der Waals surface area contributed by atoms with Crippen molar-refractivity contribution in [3.05, 3.63) is 88.9 Å². The molecule has 0 aliphatic carbocycles. The minimum atomic E-state index is -0.643. The van der Waals surface area contributed by atoms with Gasteiger partial charge >= 0.3 is 0 Å². The standard InChI is InChI=1S/C50H60N8O7/c1-55-32-39(65-27-25-63-23-22-62-24-26-64-38-12-13-41-36(28-38)31-58(50(41)61)45-14-16-47(59)54-49(45)60)29-37(55)11-15-46-52-43-33-56(44-10-4-8-35-7-2-3-9-40(35)44)21-18-42(43)48(53-46)57-20-5-6-34(30-57)17-19-51/h2-4,7-10,12-13,28,34,37,39,45H,5-6,11,14-18,20-27,29-33H2,1H3,(H,54,59,60)/t34-,37+,39+,45?/m0/s1. The van der Waals surface area contributed by atoms with Crippen LogP contribution in [0, 0.1) is 17.2 Å². The number of imide groups is 1. The molecule has 1 unspecified atom stereocenters. The van der Waals surface area contributed by atoms with Gasteiger partial charge in [-0.05, 0) is 86.7 Å². The van der Waals surface area contributed by atoms with Crippen LogP contribution in [-0.4, -0.2) is 129 Å². The first-order chi connectivity index (χ1) is 31.8. The summed E-state index contributed by atoms with van der Waals surface area (Å²) >= 11 is 0. The fourth-order valence-corrected chi connectivity index (χ4v) is 10.3. The van der Waals surface area contributed by atoms with Crippen molar-refractivity contribution in [1.29, 1.82) is 5.26 Å². The van der Waals surface area contributed by atoms with Gasteiger partial charge in [0.15, 0.2) is 0 Å². The molecule has 5 aliphatic heterocycles. The van der Waals surface area contributed by atoms with E-state index in [1.165, 1.54) is 26.9 Å². The van der Waals surface area contributed by atoms with E-state index in [1.54, 1.807) is 12.1 Å². The summed E-state index contributed by atoms with van der Waals surface area (Å²) in [5.74, 6) is 2.06. The van der Waals surface area contributed by atoms with Crippen molar-refractivity contribution in [2.24, 2.45) is 5.92 Å². The maximum absolute atomic E-state index is 13.0. The molecule has 15 heteroatoms. The minimum absolute atomic E-state index is 0.138. The molecule has 0 radical (unpaired) electrons.